The first-order valence-electron chi connectivity index (χ1n) is 24.0. The Labute approximate surface area is 380 Å². The first-order chi connectivity index (χ1) is 31.6. The fourth-order valence-electron chi connectivity index (χ4n) is 9.52. The molecule has 7 aromatic carbocycles. The quantitative estimate of drug-likeness (QED) is 0.0446. The van der Waals surface area contributed by atoms with E-state index >= 15 is 0 Å². The lowest BCUT2D eigenvalue weighted by Crippen LogP contribution is -2.45. The van der Waals surface area contributed by atoms with Crippen molar-refractivity contribution in [1.29, 1.82) is 0 Å². The van der Waals surface area contributed by atoms with E-state index in [4.69, 9.17) is 28.4 Å². The maximum Gasteiger partial charge on any atom is 0.0717 e. The number of fused-ring (bicyclic) bond motifs is 4. The van der Waals surface area contributed by atoms with Gasteiger partial charge in [-0.05, 0) is 152 Å². The van der Waals surface area contributed by atoms with Crippen molar-refractivity contribution in [2.45, 2.75) is 78.4 Å². The van der Waals surface area contributed by atoms with Gasteiger partial charge >= 0.3 is 0 Å². The molecule has 0 radical (unpaired) electrons. The summed E-state index contributed by atoms with van der Waals surface area (Å²) < 4.78 is 35.0. The van der Waals surface area contributed by atoms with Gasteiger partial charge in [-0.25, -0.2) is 0 Å². The fraction of sp³-hybridized carbons (Fsp3) is 0.414. The minimum Gasteiger partial charge on any atom is -0.381 e. The molecule has 6 heteroatoms. The Balaban J connectivity index is 0.829. The van der Waals surface area contributed by atoms with Gasteiger partial charge in [0.1, 0.15) is 0 Å². The number of hydrogen-bond acceptors (Lipinski definition) is 6. The lowest BCUT2D eigenvalue weighted by Gasteiger charge is -2.40. The van der Waals surface area contributed by atoms with Crippen molar-refractivity contribution in [3.05, 3.63) is 132 Å². The van der Waals surface area contributed by atoms with Gasteiger partial charge < -0.3 is 28.4 Å². The Morgan fingerprint density at radius 1 is 0.406 bits per heavy atom. The molecule has 334 valence electrons. The van der Waals surface area contributed by atoms with Gasteiger partial charge in [0, 0.05) is 37.3 Å². The van der Waals surface area contributed by atoms with Crippen LogP contribution in [0.5, 0.6) is 0 Å². The summed E-state index contributed by atoms with van der Waals surface area (Å²) in [6, 6.07) is 45.2. The van der Waals surface area contributed by atoms with Crippen LogP contribution in [0.3, 0.4) is 0 Å². The van der Waals surface area contributed by atoms with Gasteiger partial charge in [0.05, 0.1) is 52.9 Å². The summed E-state index contributed by atoms with van der Waals surface area (Å²) >= 11 is 0. The van der Waals surface area contributed by atoms with Crippen LogP contribution in [0.25, 0.3) is 65.3 Å². The zero-order valence-electron chi connectivity index (χ0n) is 38.1. The van der Waals surface area contributed by atoms with Crippen molar-refractivity contribution in [2.24, 2.45) is 10.8 Å². The first-order valence-corrected chi connectivity index (χ1v) is 24.0. The van der Waals surface area contributed by atoms with Gasteiger partial charge in [0.15, 0.2) is 0 Å². The van der Waals surface area contributed by atoms with Crippen LogP contribution in [0.1, 0.15) is 76.3 Å². The van der Waals surface area contributed by atoms with Gasteiger partial charge in [-0.1, -0.05) is 111 Å². The maximum absolute atomic E-state index is 6.12. The molecule has 6 nitrogen and oxygen atoms in total. The average molecular weight is 859 g/mol. The Bertz CT molecular complexity index is 2390. The molecule has 0 atom stereocenters. The van der Waals surface area contributed by atoms with E-state index in [0.29, 0.717) is 13.2 Å². The van der Waals surface area contributed by atoms with Crippen molar-refractivity contribution in [3.63, 3.8) is 0 Å². The molecule has 2 aliphatic rings. The van der Waals surface area contributed by atoms with Gasteiger partial charge in [0.25, 0.3) is 0 Å². The van der Waals surface area contributed by atoms with Gasteiger partial charge in [-0.2, -0.15) is 0 Å². The van der Waals surface area contributed by atoms with Crippen LogP contribution in [0.4, 0.5) is 0 Å². The molecule has 9 rings (SSSR count). The molecule has 2 heterocycles. The summed E-state index contributed by atoms with van der Waals surface area (Å²) in [7, 11) is 0. The first kappa shape index (κ1) is 44.5. The summed E-state index contributed by atoms with van der Waals surface area (Å²) in [5.41, 5.74) is 7.96. The number of ether oxygens (including phenoxy) is 6. The van der Waals surface area contributed by atoms with E-state index in [1.165, 1.54) is 76.5 Å². The van der Waals surface area contributed by atoms with Gasteiger partial charge in [-0.3, -0.25) is 0 Å². The summed E-state index contributed by atoms with van der Waals surface area (Å²) in [6.07, 6.45) is 8.75. The molecular weight excluding hydrogens is 793 g/mol. The smallest absolute Gasteiger partial charge is 0.0717 e. The maximum atomic E-state index is 6.12. The highest BCUT2D eigenvalue weighted by Gasteiger charge is 2.37. The molecule has 2 saturated heterocycles. The summed E-state index contributed by atoms with van der Waals surface area (Å²) in [5, 5.41) is 9.98. The van der Waals surface area contributed by atoms with Gasteiger partial charge in [-0.15, -0.1) is 0 Å². The molecule has 64 heavy (non-hydrogen) atoms. The second-order valence-electron chi connectivity index (χ2n) is 18.7. The molecule has 0 bridgehead atoms. The SMILES string of the molecule is CCC1(COCCCCCOCc2ccc3cc(-c4c5ccccc5c(-c5ccc6cc(COCCCCCOCC7(CC)COC7)ccc6c5)c5ccccc45)ccc3c2)COC1. The highest BCUT2D eigenvalue weighted by molar-refractivity contribution is 6.22. The van der Waals surface area contributed by atoms with E-state index in [1.807, 2.05) is 0 Å². The average Bonchev–Trinajstić information content (AvgIpc) is 3.30. The lowest BCUT2D eigenvalue weighted by atomic mass is 9.84. The molecule has 0 aliphatic carbocycles. The Hall–Kier alpha value is -4.66. The lowest BCUT2D eigenvalue weighted by molar-refractivity contribution is -0.150. The van der Waals surface area contributed by atoms with E-state index in [0.717, 1.165) is 117 Å². The zero-order valence-corrected chi connectivity index (χ0v) is 38.1. The van der Waals surface area contributed by atoms with Gasteiger partial charge in [0.2, 0.25) is 0 Å². The minimum absolute atomic E-state index is 0.267. The van der Waals surface area contributed by atoms with Crippen LogP contribution in [-0.4, -0.2) is 66.1 Å². The zero-order chi connectivity index (χ0) is 43.6. The van der Waals surface area contributed by atoms with Crippen LogP contribution in [0.2, 0.25) is 0 Å². The number of rotatable bonds is 24. The number of unbranched alkanes of at least 4 members (excludes halogenated alkanes) is 4. The third-order valence-electron chi connectivity index (χ3n) is 14.0. The van der Waals surface area contributed by atoms with Crippen LogP contribution in [-0.2, 0) is 41.6 Å². The van der Waals surface area contributed by atoms with Crippen molar-refractivity contribution in [2.75, 3.05) is 66.1 Å². The third-order valence-corrected chi connectivity index (χ3v) is 14.0. The van der Waals surface area contributed by atoms with E-state index in [9.17, 15) is 0 Å². The Morgan fingerprint density at radius 2 is 0.766 bits per heavy atom. The molecule has 2 fully saturated rings. The molecule has 7 aromatic rings. The van der Waals surface area contributed by atoms with Crippen molar-refractivity contribution < 1.29 is 28.4 Å². The molecule has 0 N–H and O–H groups in total. The largest absolute Gasteiger partial charge is 0.381 e. The monoisotopic (exact) mass is 858 g/mol. The molecule has 0 unspecified atom stereocenters. The second-order valence-corrected chi connectivity index (χ2v) is 18.7. The predicted octanol–water partition coefficient (Wildman–Crippen LogP) is 13.9. The Morgan fingerprint density at radius 3 is 1.12 bits per heavy atom. The fourth-order valence-corrected chi connectivity index (χ4v) is 9.52. The summed E-state index contributed by atoms with van der Waals surface area (Å²) in [5.74, 6) is 0. The van der Waals surface area contributed by atoms with Crippen molar-refractivity contribution >= 4 is 43.1 Å². The van der Waals surface area contributed by atoms with E-state index in [-0.39, 0.29) is 10.8 Å². The number of hydrogen-bond donors (Lipinski definition) is 0. The molecular formula is C58H66O6. The molecule has 2 aliphatic heterocycles. The van der Waals surface area contributed by atoms with Crippen molar-refractivity contribution in [1.82, 2.24) is 0 Å². The predicted molar refractivity (Wildman–Crippen MR) is 263 cm³/mol. The molecule has 0 aromatic heterocycles. The highest BCUT2D eigenvalue weighted by atomic mass is 16.5. The van der Waals surface area contributed by atoms with Crippen LogP contribution >= 0.6 is 0 Å². The molecule has 0 amide bonds. The van der Waals surface area contributed by atoms with Crippen LogP contribution < -0.4 is 0 Å². The molecule has 0 saturated carbocycles. The molecule has 0 spiro atoms. The van der Waals surface area contributed by atoms with Crippen LogP contribution in [0.15, 0.2) is 121 Å². The third kappa shape index (κ3) is 10.2. The van der Waals surface area contributed by atoms with E-state index < -0.39 is 0 Å². The van der Waals surface area contributed by atoms with Crippen LogP contribution in [0, 0.1) is 10.8 Å². The Kier molecular flexibility index (Phi) is 14.7. The topological polar surface area (TPSA) is 55.4 Å². The minimum atomic E-state index is 0.267. The summed E-state index contributed by atoms with van der Waals surface area (Å²) in [6.45, 7) is 13.9. The van der Waals surface area contributed by atoms with E-state index in [1.54, 1.807) is 0 Å². The number of benzene rings is 7. The van der Waals surface area contributed by atoms with E-state index in [2.05, 4.69) is 135 Å². The highest BCUT2D eigenvalue weighted by Crippen LogP contribution is 2.44. The normalized spacial score (nSPS) is 15.5. The standard InChI is InChI=1S/C58H66O6/c1-3-57(39-63-40-57)37-61-29-13-5-11-27-59-35-43-19-21-47-33-49(25-23-45(47)31-43)55-51-15-7-9-17-53(51)56(54-18-10-8-16-52(54)55)50-26-24-46-32-44(20-22-48(46)34-50)36-60-28-12-6-14-30-62-38-58(4-2)41-64-42-58/h7-10,15-26,31-34H,3-6,11-14,27-30,35-42H2,1-2H3. The van der Waals surface area contributed by atoms with Crippen molar-refractivity contribution in [3.8, 4) is 22.3 Å². The second kappa shape index (κ2) is 21.1. The summed E-state index contributed by atoms with van der Waals surface area (Å²) in [4.78, 5) is 0.